The van der Waals surface area contributed by atoms with Crippen molar-refractivity contribution >= 4 is 17.4 Å². The van der Waals surface area contributed by atoms with Crippen LogP contribution in [0.4, 0.5) is 20.3 Å². The van der Waals surface area contributed by atoms with E-state index in [4.69, 9.17) is 4.74 Å². The first-order valence-corrected chi connectivity index (χ1v) is 6.49. The molecule has 24 heavy (non-hydrogen) atoms. The summed E-state index contributed by atoms with van der Waals surface area (Å²) in [7, 11) is 1.27. The highest BCUT2D eigenvalue weighted by Crippen LogP contribution is 2.31. The molecule has 0 aliphatic heterocycles. The number of methoxy groups -OCH3 is 1. The molecule has 1 heterocycles. The van der Waals surface area contributed by atoms with Crippen molar-refractivity contribution in [2.24, 2.45) is 0 Å². The van der Waals surface area contributed by atoms with Crippen molar-refractivity contribution in [3.63, 3.8) is 0 Å². The molecule has 0 saturated carbocycles. The lowest BCUT2D eigenvalue weighted by molar-refractivity contribution is -0.389. The van der Waals surface area contributed by atoms with E-state index in [2.05, 4.69) is 15.2 Å². The topological polar surface area (TPSA) is 109 Å². The predicted molar refractivity (Wildman–Crippen MR) is 77.1 cm³/mol. The lowest BCUT2D eigenvalue weighted by atomic mass is 10.2. The van der Waals surface area contributed by atoms with Crippen LogP contribution in [0.5, 0.6) is 11.5 Å². The van der Waals surface area contributed by atoms with E-state index in [1.54, 1.807) is 0 Å². The third-order valence-corrected chi connectivity index (χ3v) is 2.78. The van der Waals surface area contributed by atoms with E-state index in [9.17, 15) is 23.7 Å². The molecule has 1 aromatic carbocycles. The number of aromatic nitrogens is 2. The minimum Gasteiger partial charge on any atom is -0.493 e. The normalized spacial score (nSPS) is 10.5. The predicted octanol–water partition coefficient (Wildman–Crippen LogP) is 2.04. The lowest BCUT2D eigenvalue weighted by Crippen LogP contribution is -2.19. The number of amides is 1. The molecular formula is C13H12F2N4O5. The van der Waals surface area contributed by atoms with Gasteiger partial charge in [-0.1, -0.05) is 0 Å². The van der Waals surface area contributed by atoms with E-state index >= 15 is 0 Å². The van der Waals surface area contributed by atoms with Crippen LogP contribution in [-0.4, -0.2) is 34.3 Å². The summed E-state index contributed by atoms with van der Waals surface area (Å²) in [6, 6.07) is 5.04. The summed E-state index contributed by atoms with van der Waals surface area (Å²) in [4.78, 5) is 21.7. The van der Waals surface area contributed by atoms with Gasteiger partial charge in [-0.15, -0.1) is 0 Å². The molecule has 0 aliphatic carbocycles. The molecule has 0 atom stereocenters. The van der Waals surface area contributed by atoms with Gasteiger partial charge in [-0.2, -0.15) is 13.5 Å². The number of carbonyl (C=O) groups excluding carboxylic acids is 1. The van der Waals surface area contributed by atoms with Crippen molar-refractivity contribution in [1.29, 1.82) is 0 Å². The summed E-state index contributed by atoms with van der Waals surface area (Å²) in [6.07, 6.45) is 1.29. The molecule has 0 saturated heterocycles. The Morgan fingerprint density at radius 3 is 2.75 bits per heavy atom. The fourth-order valence-corrected chi connectivity index (χ4v) is 1.82. The molecule has 0 radical (unpaired) electrons. The number of hydrogen-bond acceptors (Lipinski definition) is 6. The first-order valence-electron chi connectivity index (χ1n) is 6.49. The van der Waals surface area contributed by atoms with Crippen LogP contribution in [0.1, 0.15) is 0 Å². The quantitative estimate of drug-likeness (QED) is 0.609. The number of hydrogen-bond donors (Lipinski definition) is 1. The molecule has 0 bridgehead atoms. The molecular weight excluding hydrogens is 330 g/mol. The summed E-state index contributed by atoms with van der Waals surface area (Å²) >= 11 is 0. The SMILES string of the molecule is COc1cc(NC(=O)Cn2ccc([N+](=O)[O-])n2)ccc1OC(F)F. The van der Waals surface area contributed by atoms with Gasteiger partial charge < -0.3 is 24.9 Å². The van der Waals surface area contributed by atoms with Gasteiger partial charge in [-0.25, -0.2) is 0 Å². The number of carbonyl (C=O) groups is 1. The van der Waals surface area contributed by atoms with E-state index in [0.717, 1.165) is 10.7 Å². The molecule has 2 rings (SSSR count). The number of alkyl halides is 2. The molecule has 1 amide bonds. The first kappa shape index (κ1) is 17.1. The molecule has 2 aromatic rings. The van der Waals surface area contributed by atoms with Gasteiger partial charge >= 0.3 is 12.4 Å². The standard InChI is InChI=1S/C13H12F2N4O5/c1-23-10-6-8(2-3-9(10)24-13(14)15)16-12(20)7-18-5-4-11(17-18)19(21)22/h2-6,13H,7H2,1H3,(H,16,20). The Morgan fingerprint density at radius 1 is 1.42 bits per heavy atom. The minimum absolute atomic E-state index is 0.0165. The molecule has 0 spiro atoms. The van der Waals surface area contributed by atoms with Crippen molar-refractivity contribution in [2.75, 3.05) is 12.4 Å². The van der Waals surface area contributed by atoms with E-state index in [1.807, 2.05) is 0 Å². The van der Waals surface area contributed by atoms with Crippen LogP contribution in [0.3, 0.4) is 0 Å². The summed E-state index contributed by atoms with van der Waals surface area (Å²) < 4.78 is 34.8. The number of nitrogens with one attached hydrogen (secondary N) is 1. The Morgan fingerprint density at radius 2 is 2.17 bits per heavy atom. The van der Waals surface area contributed by atoms with Crippen LogP contribution in [0, 0.1) is 10.1 Å². The largest absolute Gasteiger partial charge is 0.493 e. The highest BCUT2D eigenvalue weighted by molar-refractivity contribution is 5.90. The number of benzene rings is 1. The van der Waals surface area contributed by atoms with Gasteiger partial charge in [0.1, 0.15) is 6.54 Å². The Bertz CT molecular complexity index is 750. The Balaban J connectivity index is 2.04. The third-order valence-electron chi connectivity index (χ3n) is 2.78. The average molecular weight is 342 g/mol. The zero-order valence-corrected chi connectivity index (χ0v) is 12.3. The second kappa shape index (κ2) is 7.35. The Hall–Kier alpha value is -3.24. The number of halogens is 2. The second-order valence-corrected chi connectivity index (χ2v) is 4.42. The lowest BCUT2D eigenvalue weighted by Gasteiger charge is -2.11. The molecule has 11 heteroatoms. The van der Waals surface area contributed by atoms with Gasteiger partial charge in [0.2, 0.25) is 5.91 Å². The molecule has 0 aliphatic rings. The van der Waals surface area contributed by atoms with Crippen LogP contribution in [-0.2, 0) is 11.3 Å². The van der Waals surface area contributed by atoms with Crippen LogP contribution in [0.25, 0.3) is 0 Å². The van der Waals surface area contributed by atoms with Gasteiger partial charge in [0.15, 0.2) is 11.5 Å². The van der Waals surface area contributed by atoms with Crippen LogP contribution < -0.4 is 14.8 Å². The maximum absolute atomic E-state index is 12.2. The minimum atomic E-state index is -3.00. The van der Waals surface area contributed by atoms with Crippen molar-refractivity contribution < 1.29 is 28.0 Å². The third kappa shape index (κ3) is 4.38. The molecule has 0 unspecified atom stereocenters. The number of nitro groups is 1. The number of nitrogens with zero attached hydrogens (tertiary/aromatic N) is 3. The van der Waals surface area contributed by atoms with E-state index in [1.165, 1.54) is 31.5 Å². The van der Waals surface area contributed by atoms with Gasteiger partial charge in [-0.3, -0.25) is 4.79 Å². The fourth-order valence-electron chi connectivity index (χ4n) is 1.82. The van der Waals surface area contributed by atoms with E-state index < -0.39 is 17.4 Å². The molecule has 128 valence electrons. The zero-order valence-electron chi connectivity index (χ0n) is 12.3. The van der Waals surface area contributed by atoms with Crippen LogP contribution >= 0.6 is 0 Å². The van der Waals surface area contributed by atoms with Crippen molar-refractivity contribution in [3.05, 3.63) is 40.6 Å². The monoisotopic (exact) mass is 342 g/mol. The maximum atomic E-state index is 12.2. The molecule has 1 N–H and O–H groups in total. The summed E-state index contributed by atoms with van der Waals surface area (Å²) in [6.45, 7) is -3.26. The summed E-state index contributed by atoms with van der Waals surface area (Å²) in [5, 5.41) is 16.6. The van der Waals surface area contributed by atoms with E-state index in [0.29, 0.717) is 0 Å². The second-order valence-electron chi connectivity index (χ2n) is 4.42. The first-order chi connectivity index (χ1) is 11.4. The van der Waals surface area contributed by atoms with Gasteiger partial charge in [-0.05, 0) is 17.1 Å². The van der Waals surface area contributed by atoms with Gasteiger partial charge in [0.05, 0.1) is 24.5 Å². The number of ether oxygens (including phenoxy) is 2. The highest BCUT2D eigenvalue weighted by atomic mass is 19.3. The van der Waals surface area contributed by atoms with Crippen molar-refractivity contribution in [1.82, 2.24) is 9.78 Å². The van der Waals surface area contributed by atoms with Gasteiger partial charge in [0.25, 0.3) is 0 Å². The highest BCUT2D eigenvalue weighted by Gasteiger charge is 2.15. The number of anilines is 1. The van der Waals surface area contributed by atoms with Gasteiger partial charge in [0, 0.05) is 11.8 Å². The van der Waals surface area contributed by atoms with Crippen LogP contribution in [0.2, 0.25) is 0 Å². The average Bonchev–Trinajstić information content (AvgIpc) is 2.96. The smallest absolute Gasteiger partial charge is 0.389 e. The Labute approximate surface area is 133 Å². The molecule has 1 aromatic heterocycles. The van der Waals surface area contributed by atoms with Crippen LogP contribution in [0.15, 0.2) is 30.5 Å². The van der Waals surface area contributed by atoms with Crippen molar-refractivity contribution in [3.8, 4) is 11.5 Å². The number of rotatable bonds is 7. The molecule has 0 fully saturated rings. The zero-order chi connectivity index (χ0) is 17.7. The summed E-state index contributed by atoms with van der Waals surface area (Å²) in [5.41, 5.74) is 0.278. The summed E-state index contributed by atoms with van der Waals surface area (Å²) in [5.74, 6) is -1.05. The fraction of sp³-hybridized carbons (Fsp3) is 0.231. The Kier molecular flexibility index (Phi) is 5.24. The van der Waals surface area contributed by atoms with Crippen molar-refractivity contribution in [2.45, 2.75) is 13.2 Å². The maximum Gasteiger partial charge on any atom is 0.389 e. The molecule has 9 nitrogen and oxygen atoms in total. The van der Waals surface area contributed by atoms with E-state index in [-0.39, 0.29) is 29.5 Å².